The number of nitrogens with two attached hydrogens (primary N) is 3. The molecule has 1 aromatic heterocycles. The number of nitrogens with zero attached hydrogens (tertiary/aromatic N) is 3. The third kappa shape index (κ3) is 6.73. The number of morpholine rings is 1. The molecule has 0 radical (unpaired) electrons. The average Bonchev–Trinajstić information content (AvgIpc) is 3.08. The molecule has 196 valence electrons. The Bertz CT molecular complexity index is 1250. The predicted molar refractivity (Wildman–Crippen MR) is 143 cm³/mol. The van der Waals surface area contributed by atoms with Gasteiger partial charge in [-0.3, -0.25) is 14.6 Å². The highest BCUT2D eigenvalue weighted by Crippen LogP contribution is 2.26. The molecule has 7 N–H and O–H groups in total. The molecule has 0 unspecified atom stereocenters. The van der Waals surface area contributed by atoms with Crippen LogP contribution in [0.25, 0.3) is 0 Å². The number of aliphatic imine (C=N–C) groups is 1. The summed E-state index contributed by atoms with van der Waals surface area (Å²) in [5.41, 5.74) is 17.9. The van der Waals surface area contributed by atoms with Crippen molar-refractivity contribution in [1.29, 1.82) is 0 Å². The van der Waals surface area contributed by atoms with Gasteiger partial charge in [-0.2, -0.15) is 0 Å². The van der Waals surface area contributed by atoms with Gasteiger partial charge < -0.3 is 32.2 Å². The number of para-hydroxylation sites is 1. The van der Waals surface area contributed by atoms with E-state index in [0.29, 0.717) is 35.9 Å². The zero-order valence-corrected chi connectivity index (χ0v) is 20.4. The Labute approximate surface area is 215 Å². The Morgan fingerprint density at radius 2 is 1.78 bits per heavy atom. The van der Waals surface area contributed by atoms with Gasteiger partial charge in [-0.25, -0.2) is 9.37 Å². The first-order valence-corrected chi connectivity index (χ1v) is 11.6. The smallest absolute Gasteiger partial charge is 0.263 e. The number of benzene rings is 2. The molecule has 1 atom stereocenters. The molecule has 37 heavy (non-hydrogen) atoms. The Hall–Kier alpha value is -4.19. The molecule has 0 aliphatic carbocycles. The van der Waals surface area contributed by atoms with Crippen molar-refractivity contribution in [2.45, 2.75) is 6.17 Å². The summed E-state index contributed by atoms with van der Waals surface area (Å²) in [6.45, 7) is 2.82. The predicted octanol–water partition coefficient (Wildman–Crippen LogP) is 1.74. The third-order valence-corrected chi connectivity index (χ3v) is 5.46. The molecule has 0 saturated carbocycles. The van der Waals surface area contributed by atoms with E-state index in [2.05, 4.69) is 21.0 Å². The largest absolute Gasteiger partial charge is 0.378 e. The number of anilines is 2. The van der Waals surface area contributed by atoms with E-state index < -0.39 is 23.8 Å². The second-order valence-corrected chi connectivity index (χ2v) is 7.78. The number of hydrogen-bond acceptors (Lipinski definition) is 8. The summed E-state index contributed by atoms with van der Waals surface area (Å²) in [5.74, 6) is -0.811. The SMILES string of the molecule is CN.NC(=O)c1cccnc1N1CCOCC1.N[C@@H]1N=C(c2ccccc2)c2cccc(F)c2NC1=O.[HH]. The summed E-state index contributed by atoms with van der Waals surface area (Å²) in [7, 11) is 1.50. The number of carbonyl (C=O) groups is 2. The van der Waals surface area contributed by atoms with E-state index >= 15 is 0 Å². The fourth-order valence-corrected chi connectivity index (χ4v) is 3.76. The van der Waals surface area contributed by atoms with Crippen molar-refractivity contribution in [3.63, 3.8) is 0 Å². The van der Waals surface area contributed by atoms with Crippen LogP contribution in [0.2, 0.25) is 0 Å². The lowest BCUT2D eigenvalue weighted by atomic mass is 10.0. The van der Waals surface area contributed by atoms with E-state index in [0.717, 1.165) is 18.7 Å². The van der Waals surface area contributed by atoms with Gasteiger partial charge in [-0.15, -0.1) is 0 Å². The van der Waals surface area contributed by atoms with Crippen molar-refractivity contribution < 1.29 is 20.1 Å². The van der Waals surface area contributed by atoms with Gasteiger partial charge in [0.15, 0.2) is 6.17 Å². The number of nitrogens with one attached hydrogen (secondary N) is 1. The highest BCUT2D eigenvalue weighted by molar-refractivity contribution is 6.19. The lowest BCUT2D eigenvalue weighted by Gasteiger charge is -2.28. The van der Waals surface area contributed by atoms with Crippen molar-refractivity contribution in [1.82, 2.24) is 4.98 Å². The number of halogens is 1. The van der Waals surface area contributed by atoms with Gasteiger partial charge in [-0.05, 0) is 25.2 Å². The molecule has 5 rings (SSSR count). The van der Waals surface area contributed by atoms with Crippen molar-refractivity contribution in [2.75, 3.05) is 43.6 Å². The van der Waals surface area contributed by atoms with Gasteiger partial charge in [0.05, 0.1) is 30.2 Å². The number of amides is 2. The van der Waals surface area contributed by atoms with Crippen LogP contribution in [0, 0.1) is 5.82 Å². The van der Waals surface area contributed by atoms with E-state index in [-0.39, 0.29) is 7.11 Å². The average molecular weight is 510 g/mol. The summed E-state index contributed by atoms with van der Waals surface area (Å²) < 4.78 is 19.2. The van der Waals surface area contributed by atoms with Crippen LogP contribution in [0.5, 0.6) is 0 Å². The van der Waals surface area contributed by atoms with Gasteiger partial charge in [0.25, 0.3) is 11.8 Å². The fraction of sp³-hybridized carbons (Fsp3) is 0.231. The normalized spacial score (nSPS) is 16.4. The molecule has 3 heterocycles. The Balaban J connectivity index is 0.000000253. The third-order valence-electron chi connectivity index (χ3n) is 5.46. The number of ether oxygens (including phenoxy) is 1. The number of carbonyl (C=O) groups excluding carboxylic acids is 2. The zero-order valence-electron chi connectivity index (χ0n) is 20.4. The van der Waals surface area contributed by atoms with Gasteiger partial charge in [0.1, 0.15) is 11.6 Å². The van der Waals surface area contributed by atoms with Gasteiger partial charge in [0, 0.05) is 31.8 Å². The number of fused-ring (bicyclic) bond motifs is 1. The van der Waals surface area contributed by atoms with Crippen molar-refractivity contribution in [2.24, 2.45) is 22.2 Å². The number of rotatable bonds is 3. The van der Waals surface area contributed by atoms with Crippen molar-refractivity contribution in [3.8, 4) is 0 Å². The number of pyridine rings is 1. The maximum atomic E-state index is 13.9. The molecule has 2 aliphatic rings. The van der Waals surface area contributed by atoms with E-state index in [4.69, 9.17) is 16.2 Å². The Morgan fingerprint density at radius 3 is 2.46 bits per heavy atom. The van der Waals surface area contributed by atoms with Gasteiger partial charge in [-0.1, -0.05) is 42.5 Å². The van der Waals surface area contributed by atoms with Crippen LogP contribution >= 0.6 is 0 Å². The van der Waals surface area contributed by atoms with Gasteiger partial charge in [0.2, 0.25) is 0 Å². The van der Waals surface area contributed by atoms with Crippen LogP contribution in [0.4, 0.5) is 15.9 Å². The Morgan fingerprint density at radius 1 is 1.08 bits per heavy atom. The van der Waals surface area contributed by atoms with Crippen LogP contribution < -0.4 is 27.4 Å². The molecule has 2 aromatic carbocycles. The second-order valence-electron chi connectivity index (χ2n) is 7.78. The lowest BCUT2D eigenvalue weighted by Crippen LogP contribution is -2.38. The topological polar surface area (TPSA) is 162 Å². The summed E-state index contributed by atoms with van der Waals surface area (Å²) in [6, 6.07) is 17.2. The summed E-state index contributed by atoms with van der Waals surface area (Å²) in [4.78, 5) is 33.4. The summed E-state index contributed by atoms with van der Waals surface area (Å²) >= 11 is 0. The van der Waals surface area contributed by atoms with Gasteiger partial charge >= 0.3 is 0 Å². The summed E-state index contributed by atoms with van der Waals surface area (Å²) in [6.07, 6.45) is 0.606. The van der Waals surface area contributed by atoms with Crippen LogP contribution in [-0.2, 0) is 9.53 Å². The van der Waals surface area contributed by atoms with E-state index in [9.17, 15) is 14.0 Å². The van der Waals surface area contributed by atoms with Crippen LogP contribution in [0.15, 0.2) is 71.9 Å². The van der Waals surface area contributed by atoms with Crippen molar-refractivity contribution >= 4 is 29.0 Å². The number of benzodiazepines with no additional fused rings is 1. The quantitative estimate of drug-likeness (QED) is 0.418. The second kappa shape index (κ2) is 13.2. The van der Waals surface area contributed by atoms with E-state index in [1.165, 1.54) is 13.1 Å². The molecule has 1 saturated heterocycles. The Kier molecular flexibility index (Phi) is 9.78. The molecule has 0 spiro atoms. The first-order valence-electron chi connectivity index (χ1n) is 11.6. The van der Waals surface area contributed by atoms with E-state index in [1.54, 1.807) is 30.5 Å². The molecule has 2 aliphatic heterocycles. The lowest BCUT2D eigenvalue weighted by molar-refractivity contribution is -0.117. The fourth-order valence-electron chi connectivity index (χ4n) is 3.76. The highest BCUT2D eigenvalue weighted by Gasteiger charge is 2.25. The molecular weight excluding hydrogens is 477 g/mol. The minimum atomic E-state index is -1.06. The van der Waals surface area contributed by atoms with Crippen LogP contribution in [-0.4, -0.2) is 62.0 Å². The summed E-state index contributed by atoms with van der Waals surface area (Å²) in [5, 5.41) is 2.49. The zero-order chi connectivity index (χ0) is 26.8. The first kappa shape index (κ1) is 27.4. The highest BCUT2D eigenvalue weighted by atomic mass is 19.1. The molecule has 10 nitrogen and oxygen atoms in total. The molecular formula is C26H32FN7O3. The maximum absolute atomic E-state index is 13.9. The first-order chi connectivity index (χ1) is 18.0. The molecule has 11 heteroatoms. The number of aromatic nitrogens is 1. The molecule has 2 amide bonds. The molecule has 3 aromatic rings. The standard InChI is InChI=1S/C15H12FN3O.C10H13N3O2.CH5N.H2/c16-11-8-4-7-10-12(9-5-2-1-3-6-9)18-14(17)15(20)19-13(10)11;11-9(14)8-2-1-3-12-10(8)13-4-6-15-7-5-13;1-2;/h1-8,14H,17H2,(H,19,20);1-3H,4-7H2,(H2,11,14);2H2,1H3;1H/t14-;;;/m1.../s1. The van der Waals surface area contributed by atoms with E-state index in [1.807, 2.05) is 35.2 Å². The minimum absolute atomic E-state index is 0. The van der Waals surface area contributed by atoms with Crippen LogP contribution in [0.3, 0.4) is 0 Å². The monoisotopic (exact) mass is 509 g/mol. The molecule has 0 bridgehead atoms. The van der Waals surface area contributed by atoms with Crippen molar-refractivity contribution in [3.05, 3.63) is 89.4 Å². The maximum Gasteiger partial charge on any atom is 0.263 e. The van der Waals surface area contributed by atoms with Crippen LogP contribution in [0.1, 0.15) is 22.9 Å². The number of hydrogen-bond donors (Lipinski definition) is 4. The number of primary amides is 1. The minimum Gasteiger partial charge on any atom is -0.378 e. The molecule has 1 fully saturated rings.